The summed E-state index contributed by atoms with van der Waals surface area (Å²) < 4.78 is 14.2. The molecule has 0 radical (unpaired) electrons. The van der Waals surface area contributed by atoms with Crippen LogP contribution in [-0.4, -0.2) is 21.4 Å². The van der Waals surface area contributed by atoms with Crippen LogP contribution < -0.4 is 0 Å². The molecular formula is C15H15BrFN3. The largest absolute Gasteiger partial charge is 0.292 e. The Labute approximate surface area is 126 Å². The van der Waals surface area contributed by atoms with Gasteiger partial charge >= 0.3 is 0 Å². The maximum Gasteiger partial charge on any atom is 0.137 e. The van der Waals surface area contributed by atoms with Crippen molar-refractivity contribution in [1.82, 2.24) is 14.9 Å². The summed E-state index contributed by atoms with van der Waals surface area (Å²) in [5.74, 6) is -0.197. The molecule has 0 bridgehead atoms. The van der Waals surface area contributed by atoms with Gasteiger partial charge < -0.3 is 0 Å². The Bertz CT molecular complexity index is 591. The average Bonchev–Trinajstić information content (AvgIpc) is 2.91. The van der Waals surface area contributed by atoms with Gasteiger partial charge in [-0.1, -0.05) is 6.07 Å². The first kappa shape index (κ1) is 13.6. The van der Waals surface area contributed by atoms with E-state index in [9.17, 15) is 4.39 Å². The van der Waals surface area contributed by atoms with Gasteiger partial charge in [-0.15, -0.1) is 0 Å². The summed E-state index contributed by atoms with van der Waals surface area (Å²) >= 11 is 3.20. The van der Waals surface area contributed by atoms with Gasteiger partial charge in [-0.25, -0.2) is 14.4 Å². The Morgan fingerprint density at radius 1 is 1.30 bits per heavy atom. The minimum atomic E-state index is -0.197. The van der Waals surface area contributed by atoms with Crippen molar-refractivity contribution >= 4 is 15.9 Å². The monoisotopic (exact) mass is 335 g/mol. The van der Waals surface area contributed by atoms with Crippen molar-refractivity contribution in [3.05, 3.63) is 58.3 Å². The average molecular weight is 336 g/mol. The van der Waals surface area contributed by atoms with Gasteiger partial charge in [0.25, 0.3) is 0 Å². The van der Waals surface area contributed by atoms with Gasteiger partial charge in [0.1, 0.15) is 12.1 Å². The topological polar surface area (TPSA) is 29.0 Å². The fraction of sp³-hybridized carbons (Fsp3) is 0.333. The number of halogens is 2. The van der Waals surface area contributed by atoms with E-state index >= 15 is 0 Å². The lowest BCUT2D eigenvalue weighted by molar-refractivity contribution is 0.247. The Morgan fingerprint density at radius 2 is 2.10 bits per heavy atom. The van der Waals surface area contributed by atoms with Gasteiger partial charge in [-0.2, -0.15) is 0 Å². The molecule has 0 unspecified atom stereocenters. The number of benzene rings is 1. The van der Waals surface area contributed by atoms with Crippen molar-refractivity contribution in [1.29, 1.82) is 0 Å². The second-order valence-corrected chi connectivity index (χ2v) is 5.90. The number of rotatable bonds is 3. The number of hydrogen-bond acceptors (Lipinski definition) is 3. The highest BCUT2D eigenvalue weighted by molar-refractivity contribution is 9.10. The Morgan fingerprint density at radius 3 is 2.85 bits per heavy atom. The lowest BCUT2D eigenvalue weighted by Gasteiger charge is -2.24. The molecule has 0 spiro atoms. The van der Waals surface area contributed by atoms with Gasteiger partial charge in [0.15, 0.2) is 0 Å². The SMILES string of the molecule is Fc1cc([C@@H]2CCCN2Cc2cncnc2)ccc1Br. The first-order valence-electron chi connectivity index (χ1n) is 6.67. The van der Waals surface area contributed by atoms with Gasteiger partial charge in [0.2, 0.25) is 0 Å². The van der Waals surface area contributed by atoms with E-state index in [1.54, 1.807) is 12.1 Å². The summed E-state index contributed by atoms with van der Waals surface area (Å²) in [5, 5.41) is 0. The van der Waals surface area contributed by atoms with E-state index in [-0.39, 0.29) is 11.9 Å². The molecular weight excluding hydrogens is 321 g/mol. The molecule has 1 aliphatic heterocycles. The molecule has 0 saturated carbocycles. The minimum Gasteiger partial charge on any atom is -0.292 e. The van der Waals surface area contributed by atoms with Crippen LogP contribution in [0, 0.1) is 5.82 Å². The van der Waals surface area contributed by atoms with E-state index in [0.29, 0.717) is 4.47 Å². The van der Waals surface area contributed by atoms with Crippen LogP contribution in [0.5, 0.6) is 0 Å². The number of aromatic nitrogens is 2. The summed E-state index contributed by atoms with van der Waals surface area (Å²) in [6.45, 7) is 1.83. The lowest BCUT2D eigenvalue weighted by Crippen LogP contribution is -2.23. The van der Waals surface area contributed by atoms with Crippen molar-refractivity contribution in [2.24, 2.45) is 0 Å². The summed E-state index contributed by atoms with van der Waals surface area (Å²) in [6, 6.07) is 5.69. The zero-order chi connectivity index (χ0) is 13.9. The molecule has 5 heteroatoms. The summed E-state index contributed by atoms with van der Waals surface area (Å²) in [4.78, 5) is 10.5. The minimum absolute atomic E-state index is 0.197. The number of likely N-dealkylation sites (tertiary alicyclic amines) is 1. The zero-order valence-electron chi connectivity index (χ0n) is 11.0. The van der Waals surface area contributed by atoms with Crippen LogP contribution >= 0.6 is 15.9 Å². The van der Waals surface area contributed by atoms with Gasteiger partial charge in [0, 0.05) is 30.5 Å². The zero-order valence-corrected chi connectivity index (χ0v) is 12.6. The van der Waals surface area contributed by atoms with Crippen LogP contribution in [0.1, 0.15) is 30.0 Å². The van der Waals surface area contributed by atoms with E-state index < -0.39 is 0 Å². The van der Waals surface area contributed by atoms with Crippen LogP contribution in [0.2, 0.25) is 0 Å². The highest BCUT2D eigenvalue weighted by Crippen LogP contribution is 2.34. The van der Waals surface area contributed by atoms with Gasteiger partial charge in [0.05, 0.1) is 4.47 Å². The quantitative estimate of drug-likeness (QED) is 0.856. The van der Waals surface area contributed by atoms with Crippen molar-refractivity contribution in [3.63, 3.8) is 0 Å². The molecule has 1 fully saturated rings. The van der Waals surface area contributed by atoms with Crippen LogP contribution in [0.15, 0.2) is 41.4 Å². The van der Waals surface area contributed by atoms with E-state index in [1.807, 2.05) is 18.5 Å². The molecule has 3 rings (SSSR count). The fourth-order valence-corrected chi connectivity index (χ4v) is 3.01. The normalized spacial score (nSPS) is 19.4. The maximum absolute atomic E-state index is 13.7. The first-order chi connectivity index (χ1) is 9.74. The van der Waals surface area contributed by atoms with Gasteiger partial charge in [-0.05, 0) is 53.0 Å². The molecule has 0 aliphatic carbocycles. The van der Waals surface area contributed by atoms with Crippen LogP contribution in [0.4, 0.5) is 4.39 Å². The Balaban J connectivity index is 1.80. The van der Waals surface area contributed by atoms with E-state index in [1.165, 1.54) is 6.33 Å². The highest BCUT2D eigenvalue weighted by Gasteiger charge is 2.26. The van der Waals surface area contributed by atoms with E-state index in [2.05, 4.69) is 30.8 Å². The van der Waals surface area contributed by atoms with Crippen LogP contribution in [0.25, 0.3) is 0 Å². The smallest absolute Gasteiger partial charge is 0.137 e. The van der Waals surface area contributed by atoms with E-state index in [4.69, 9.17) is 0 Å². The van der Waals surface area contributed by atoms with Crippen molar-refractivity contribution in [2.45, 2.75) is 25.4 Å². The lowest BCUT2D eigenvalue weighted by atomic mass is 10.0. The maximum atomic E-state index is 13.7. The molecule has 20 heavy (non-hydrogen) atoms. The van der Waals surface area contributed by atoms with E-state index in [0.717, 1.165) is 37.1 Å². The number of hydrogen-bond donors (Lipinski definition) is 0. The molecule has 1 atom stereocenters. The third-order valence-electron chi connectivity index (χ3n) is 3.69. The van der Waals surface area contributed by atoms with Crippen molar-refractivity contribution in [2.75, 3.05) is 6.54 Å². The standard InChI is InChI=1S/C15H15BrFN3/c16-13-4-3-12(6-14(13)17)15-2-1-5-20(15)9-11-7-18-10-19-8-11/h3-4,6-8,10,15H,1-2,5,9H2/t15-/m0/s1. The van der Waals surface area contributed by atoms with Crippen molar-refractivity contribution in [3.8, 4) is 0 Å². The fourth-order valence-electron chi connectivity index (χ4n) is 2.76. The summed E-state index contributed by atoms with van der Waals surface area (Å²) in [6.07, 6.45) is 7.41. The summed E-state index contributed by atoms with van der Waals surface area (Å²) in [5.41, 5.74) is 2.14. The molecule has 1 aromatic carbocycles. The third kappa shape index (κ3) is 2.88. The predicted molar refractivity (Wildman–Crippen MR) is 78.5 cm³/mol. The molecule has 104 valence electrons. The molecule has 1 aliphatic rings. The second kappa shape index (κ2) is 5.97. The third-order valence-corrected chi connectivity index (χ3v) is 4.33. The summed E-state index contributed by atoms with van der Waals surface area (Å²) in [7, 11) is 0. The van der Waals surface area contributed by atoms with Crippen molar-refractivity contribution < 1.29 is 4.39 Å². The molecule has 1 aromatic heterocycles. The molecule has 1 saturated heterocycles. The molecule has 0 N–H and O–H groups in total. The van der Waals surface area contributed by atoms with Gasteiger partial charge in [-0.3, -0.25) is 4.90 Å². The molecule has 2 heterocycles. The highest BCUT2D eigenvalue weighted by atomic mass is 79.9. The Kier molecular flexibility index (Phi) is 4.08. The molecule has 0 amide bonds. The first-order valence-corrected chi connectivity index (χ1v) is 7.46. The van der Waals surface area contributed by atoms with Crippen LogP contribution in [-0.2, 0) is 6.54 Å². The predicted octanol–water partition coefficient (Wildman–Crippen LogP) is 3.72. The Hall–Kier alpha value is -1.33. The van der Waals surface area contributed by atoms with Crippen LogP contribution in [0.3, 0.4) is 0 Å². The molecule has 3 nitrogen and oxygen atoms in total. The number of nitrogens with zero attached hydrogens (tertiary/aromatic N) is 3. The molecule has 2 aromatic rings. The second-order valence-electron chi connectivity index (χ2n) is 5.05.